The van der Waals surface area contributed by atoms with Crippen LogP contribution in [-0.2, 0) is 14.4 Å². The average Bonchev–Trinajstić information content (AvgIpc) is 2.34. The summed E-state index contributed by atoms with van der Waals surface area (Å²) in [5.74, 6) is -2.77. The Balaban J connectivity index is 0. The van der Waals surface area contributed by atoms with Crippen LogP contribution >= 0.6 is 11.8 Å². The van der Waals surface area contributed by atoms with Gasteiger partial charge in [0.15, 0.2) is 0 Å². The van der Waals surface area contributed by atoms with E-state index in [0.29, 0.717) is 0 Å². The number of carboxylic acid groups (broad SMARTS) is 2. The minimum Gasteiger partial charge on any atom is -0.481 e. The Morgan fingerprint density at radius 1 is 1.28 bits per heavy atom. The molecule has 5 N–H and O–H groups in total. The lowest BCUT2D eigenvalue weighted by atomic mass is 10.3. The van der Waals surface area contributed by atoms with E-state index in [1.807, 2.05) is 13.8 Å². The molecule has 0 heterocycles. The van der Waals surface area contributed by atoms with E-state index in [1.165, 1.54) is 7.05 Å². The second-order valence-corrected chi connectivity index (χ2v) is 4.21. The minimum absolute atomic E-state index is 0.0132. The maximum absolute atomic E-state index is 11.2. The Morgan fingerprint density at radius 3 is 2.11 bits per heavy atom. The van der Waals surface area contributed by atoms with Gasteiger partial charge < -0.3 is 21.3 Å². The minimum atomic E-state index is -1.18. The van der Waals surface area contributed by atoms with Crippen molar-refractivity contribution < 1.29 is 24.6 Å². The van der Waals surface area contributed by atoms with Crippen molar-refractivity contribution in [2.75, 3.05) is 12.8 Å². The van der Waals surface area contributed by atoms with E-state index in [9.17, 15) is 14.4 Å². The molecule has 0 aromatic carbocycles. The molecule has 0 bridgehead atoms. The maximum Gasteiger partial charge on any atom is 0.321 e. The molecular formula is C10H20N2O5S. The summed E-state index contributed by atoms with van der Waals surface area (Å²) in [5, 5.41) is 18.6. The van der Waals surface area contributed by atoms with Crippen LogP contribution in [0.4, 0.5) is 0 Å². The van der Waals surface area contributed by atoms with Crippen LogP contribution in [0.1, 0.15) is 20.3 Å². The zero-order chi connectivity index (χ0) is 14.7. The van der Waals surface area contributed by atoms with Crippen molar-refractivity contribution in [3.05, 3.63) is 0 Å². The molecule has 0 rings (SSSR count). The highest BCUT2D eigenvalue weighted by atomic mass is 32.2. The first-order chi connectivity index (χ1) is 8.38. The van der Waals surface area contributed by atoms with Crippen molar-refractivity contribution in [2.24, 2.45) is 5.73 Å². The molecule has 0 aromatic heterocycles. The second kappa shape index (κ2) is 10.8. The number of amides is 1. The number of carbonyl (C=O) groups excluding carboxylic acids is 1. The van der Waals surface area contributed by atoms with Crippen LogP contribution in [0.3, 0.4) is 0 Å². The topological polar surface area (TPSA) is 130 Å². The zero-order valence-electron chi connectivity index (χ0n) is 10.7. The molecule has 1 amide bonds. The number of rotatable bonds is 7. The van der Waals surface area contributed by atoms with E-state index in [4.69, 9.17) is 15.9 Å². The Hall–Kier alpha value is -1.28. The van der Waals surface area contributed by atoms with E-state index >= 15 is 0 Å². The van der Waals surface area contributed by atoms with Gasteiger partial charge in [0.2, 0.25) is 5.91 Å². The van der Waals surface area contributed by atoms with E-state index in [1.54, 1.807) is 0 Å². The summed E-state index contributed by atoms with van der Waals surface area (Å²) in [4.78, 5) is 32.1. The van der Waals surface area contributed by atoms with E-state index in [-0.39, 0.29) is 12.2 Å². The third kappa shape index (κ3) is 8.82. The van der Waals surface area contributed by atoms with Crippen molar-refractivity contribution >= 4 is 29.6 Å². The molecule has 0 spiro atoms. The fourth-order valence-corrected chi connectivity index (χ4v) is 1.95. The van der Waals surface area contributed by atoms with E-state index in [2.05, 4.69) is 5.32 Å². The predicted molar refractivity (Wildman–Crippen MR) is 69.5 cm³/mol. The van der Waals surface area contributed by atoms with E-state index in [0.717, 1.165) is 11.8 Å². The van der Waals surface area contributed by atoms with Crippen LogP contribution in [-0.4, -0.2) is 52.2 Å². The summed E-state index contributed by atoms with van der Waals surface area (Å²) < 4.78 is 0. The van der Waals surface area contributed by atoms with Gasteiger partial charge in [0.25, 0.3) is 0 Å². The van der Waals surface area contributed by atoms with Gasteiger partial charge in [0.05, 0.1) is 11.7 Å². The summed E-state index contributed by atoms with van der Waals surface area (Å²) in [6, 6.07) is -1.11. The zero-order valence-corrected chi connectivity index (χ0v) is 11.5. The number of nitrogens with one attached hydrogen (secondary N) is 1. The van der Waals surface area contributed by atoms with Crippen LogP contribution in [0, 0.1) is 0 Å². The van der Waals surface area contributed by atoms with Crippen LogP contribution in [0.15, 0.2) is 0 Å². The van der Waals surface area contributed by atoms with Crippen LogP contribution < -0.4 is 11.1 Å². The van der Waals surface area contributed by atoms with Crippen molar-refractivity contribution in [3.63, 3.8) is 0 Å². The highest BCUT2D eigenvalue weighted by molar-refractivity contribution is 8.00. The number of hydrogen-bond acceptors (Lipinski definition) is 5. The molecule has 0 radical (unpaired) electrons. The number of hydrogen-bond donors (Lipinski definition) is 4. The number of nitrogens with two attached hydrogens (primary N) is 1. The summed E-state index contributed by atoms with van der Waals surface area (Å²) >= 11 is 0.920. The molecule has 0 saturated heterocycles. The summed E-state index contributed by atoms with van der Waals surface area (Å²) in [6.07, 6.45) is -0.364. The van der Waals surface area contributed by atoms with Crippen LogP contribution in [0.2, 0.25) is 0 Å². The second-order valence-electron chi connectivity index (χ2n) is 2.98. The largest absolute Gasteiger partial charge is 0.481 e. The fraction of sp³-hybridized carbons (Fsp3) is 0.700. The SMILES string of the molecule is CC.CNC(=O)C(CC(=O)O)SCC(N)C(=O)O. The molecule has 0 aliphatic rings. The molecule has 8 heteroatoms. The number of carbonyl (C=O) groups is 3. The molecule has 2 unspecified atom stereocenters. The summed E-state index contributed by atoms with van der Waals surface area (Å²) in [5.41, 5.74) is 5.24. The summed E-state index contributed by atoms with van der Waals surface area (Å²) in [7, 11) is 1.38. The van der Waals surface area contributed by atoms with Gasteiger partial charge in [0.1, 0.15) is 6.04 Å². The Morgan fingerprint density at radius 2 is 1.78 bits per heavy atom. The predicted octanol–water partition coefficient (Wildman–Crippen LogP) is -0.253. The van der Waals surface area contributed by atoms with Gasteiger partial charge in [-0.3, -0.25) is 14.4 Å². The Kier molecular flexibility index (Phi) is 11.5. The standard InChI is InChI=1S/C8H14N2O5S.C2H6/c1-10-7(13)5(2-6(11)12)16-3-4(9)8(14)15;1-2/h4-5H,2-3,9H2,1H3,(H,10,13)(H,11,12)(H,14,15);1-2H3. The molecular weight excluding hydrogens is 260 g/mol. The van der Waals surface area contributed by atoms with Gasteiger partial charge in [-0.1, -0.05) is 13.8 Å². The summed E-state index contributed by atoms with van der Waals surface area (Å²) in [6.45, 7) is 4.00. The highest BCUT2D eigenvalue weighted by Gasteiger charge is 2.23. The Bertz CT molecular complexity index is 285. The average molecular weight is 280 g/mol. The molecule has 0 saturated carbocycles. The van der Waals surface area contributed by atoms with Gasteiger partial charge in [-0.2, -0.15) is 0 Å². The Labute approximate surface area is 110 Å². The molecule has 0 aromatic rings. The number of thioether (sulfide) groups is 1. The smallest absolute Gasteiger partial charge is 0.321 e. The quantitative estimate of drug-likeness (QED) is 0.505. The van der Waals surface area contributed by atoms with Gasteiger partial charge in [-0.05, 0) is 0 Å². The third-order valence-corrected chi connectivity index (χ3v) is 3.03. The lowest BCUT2D eigenvalue weighted by Crippen LogP contribution is -2.36. The van der Waals surface area contributed by atoms with Gasteiger partial charge in [-0.15, -0.1) is 11.8 Å². The lowest BCUT2D eigenvalue weighted by Gasteiger charge is -2.14. The van der Waals surface area contributed by atoms with Crippen LogP contribution in [0.5, 0.6) is 0 Å². The number of carboxylic acids is 2. The number of aliphatic carboxylic acids is 2. The fourth-order valence-electron chi connectivity index (χ4n) is 0.838. The normalized spacial score (nSPS) is 12.7. The first-order valence-corrected chi connectivity index (χ1v) is 6.46. The first-order valence-electron chi connectivity index (χ1n) is 5.41. The lowest BCUT2D eigenvalue weighted by molar-refractivity contribution is -0.138. The third-order valence-electron chi connectivity index (χ3n) is 1.69. The molecule has 2 atom stereocenters. The van der Waals surface area contributed by atoms with Crippen molar-refractivity contribution in [3.8, 4) is 0 Å². The molecule has 18 heavy (non-hydrogen) atoms. The van der Waals surface area contributed by atoms with Crippen molar-refractivity contribution in [1.29, 1.82) is 0 Å². The first kappa shape index (κ1) is 19.1. The van der Waals surface area contributed by atoms with Crippen molar-refractivity contribution in [1.82, 2.24) is 5.32 Å². The van der Waals surface area contributed by atoms with Gasteiger partial charge in [0, 0.05) is 12.8 Å². The highest BCUT2D eigenvalue weighted by Crippen LogP contribution is 2.15. The van der Waals surface area contributed by atoms with Crippen molar-refractivity contribution in [2.45, 2.75) is 31.6 Å². The molecule has 0 aliphatic carbocycles. The van der Waals surface area contributed by atoms with Crippen LogP contribution in [0.25, 0.3) is 0 Å². The maximum atomic E-state index is 11.2. The monoisotopic (exact) mass is 280 g/mol. The molecule has 7 nitrogen and oxygen atoms in total. The molecule has 0 aliphatic heterocycles. The van der Waals surface area contributed by atoms with E-state index < -0.39 is 29.1 Å². The molecule has 106 valence electrons. The van der Waals surface area contributed by atoms with Gasteiger partial charge >= 0.3 is 11.9 Å². The molecule has 0 fully saturated rings. The van der Waals surface area contributed by atoms with Gasteiger partial charge in [-0.25, -0.2) is 0 Å².